The minimum absolute atomic E-state index is 0.129. The van der Waals surface area contributed by atoms with E-state index in [0.29, 0.717) is 43.4 Å². The van der Waals surface area contributed by atoms with E-state index in [2.05, 4.69) is 6.92 Å². The van der Waals surface area contributed by atoms with Crippen LogP contribution in [0.25, 0.3) is 11.1 Å². The third-order valence-corrected chi connectivity index (χ3v) is 7.54. The summed E-state index contributed by atoms with van der Waals surface area (Å²) in [5, 5.41) is 0. The van der Waals surface area contributed by atoms with Crippen LogP contribution < -0.4 is 4.74 Å². The maximum atomic E-state index is 15.1. The van der Waals surface area contributed by atoms with Crippen LogP contribution in [0.15, 0.2) is 54.6 Å². The third-order valence-electron chi connectivity index (χ3n) is 7.54. The van der Waals surface area contributed by atoms with Crippen molar-refractivity contribution in [2.45, 2.75) is 83.7 Å². The Balaban J connectivity index is 1.29. The second kappa shape index (κ2) is 13.7. The van der Waals surface area contributed by atoms with E-state index in [-0.39, 0.29) is 28.9 Å². The number of hydrogen-bond donors (Lipinski definition) is 0. The summed E-state index contributed by atoms with van der Waals surface area (Å²) in [5.74, 6) is -2.86. The number of carbonyl (C=O) groups excluding carboxylic acids is 1. The molecule has 0 radical (unpaired) electrons. The Morgan fingerprint density at radius 3 is 2.26 bits per heavy atom. The van der Waals surface area contributed by atoms with E-state index in [1.807, 2.05) is 19.1 Å². The summed E-state index contributed by atoms with van der Waals surface area (Å²) in [6, 6.07) is 14.7. The molecule has 4 rings (SSSR count). The Hall–Kier alpha value is -3.28. The molecular formula is C33H37F3O3. The van der Waals surface area contributed by atoms with Crippen molar-refractivity contribution >= 4 is 5.97 Å². The lowest BCUT2D eigenvalue weighted by Crippen LogP contribution is -2.24. The number of benzene rings is 3. The van der Waals surface area contributed by atoms with Crippen LogP contribution in [-0.4, -0.2) is 18.7 Å². The second-order valence-corrected chi connectivity index (χ2v) is 10.5. The molecule has 0 bridgehead atoms. The fourth-order valence-corrected chi connectivity index (χ4v) is 5.18. The van der Waals surface area contributed by atoms with Crippen molar-refractivity contribution in [3.05, 3.63) is 88.7 Å². The average molecular weight is 539 g/mol. The molecule has 0 unspecified atom stereocenters. The van der Waals surface area contributed by atoms with Crippen LogP contribution in [0.5, 0.6) is 5.75 Å². The molecule has 39 heavy (non-hydrogen) atoms. The summed E-state index contributed by atoms with van der Waals surface area (Å²) in [5.41, 5.74) is 2.42. The van der Waals surface area contributed by atoms with E-state index in [1.165, 1.54) is 18.6 Å². The zero-order chi connectivity index (χ0) is 27.8. The molecule has 0 aromatic heterocycles. The molecule has 0 spiro atoms. The number of esters is 1. The molecule has 0 N–H and O–H groups in total. The molecule has 208 valence electrons. The van der Waals surface area contributed by atoms with E-state index < -0.39 is 23.4 Å². The van der Waals surface area contributed by atoms with Gasteiger partial charge in [-0.2, -0.15) is 0 Å². The van der Waals surface area contributed by atoms with Crippen molar-refractivity contribution in [1.82, 2.24) is 0 Å². The van der Waals surface area contributed by atoms with Gasteiger partial charge in [-0.15, -0.1) is 0 Å². The van der Waals surface area contributed by atoms with Gasteiger partial charge in [0.15, 0.2) is 23.2 Å². The third kappa shape index (κ3) is 7.43. The number of ether oxygens (including phenoxy) is 2. The minimum atomic E-state index is -0.837. The Kier molecular flexibility index (Phi) is 10.1. The van der Waals surface area contributed by atoms with Gasteiger partial charge in [0, 0.05) is 5.56 Å². The van der Waals surface area contributed by atoms with Gasteiger partial charge in [0.25, 0.3) is 0 Å². The molecule has 0 aliphatic heterocycles. The number of hydrogen-bond acceptors (Lipinski definition) is 3. The molecule has 0 saturated heterocycles. The first-order valence-corrected chi connectivity index (χ1v) is 14.1. The van der Waals surface area contributed by atoms with Gasteiger partial charge in [0.1, 0.15) is 6.10 Å². The van der Waals surface area contributed by atoms with Crippen LogP contribution in [0.3, 0.4) is 0 Å². The second-order valence-electron chi connectivity index (χ2n) is 10.5. The monoisotopic (exact) mass is 538 g/mol. The highest BCUT2D eigenvalue weighted by Gasteiger charge is 2.28. The Bertz CT molecular complexity index is 1250. The van der Waals surface area contributed by atoms with E-state index in [4.69, 9.17) is 9.47 Å². The quantitative estimate of drug-likeness (QED) is 0.180. The molecule has 0 amide bonds. The first-order valence-electron chi connectivity index (χ1n) is 14.1. The summed E-state index contributed by atoms with van der Waals surface area (Å²) < 4.78 is 55.6. The molecule has 6 heteroatoms. The number of halogens is 3. The zero-order valence-corrected chi connectivity index (χ0v) is 22.8. The van der Waals surface area contributed by atoms with Crippen molar-refractivity contribution < 1.29 is 27.4 Å². The van der Waals surface area contributed by atoms with Crippen LogP contribution >= 0.6 is 0 Å². The number of rotatable bonds is 11. The molecule has 3 aromatic carbocycles. The summed E-state index contributed by atoms with van der Waals surface area (Å²) in [6.07, 6.45) is 7.23. The maximum Gasteiger partial charge on any atom is 0.338 e. The minimum Gasteiger partial charge on any atom is -0.491 e. The number of carbonyl (C=O) groups is 1. The van der Waals surface area contributed by atoms with Crippen molar-refractivity contribution in [3.8, 4) is 16.9 Å². The van der Waals surface area contributed by atoms with Gasteiger partial charge in [-0.3, -0.25) is 0 Å². The summed E-state index contributed by atoms with van der Waals surface area (Å²) in [7, 11) is 0. The fourth-order valence-electron chi connectivity index (χ4n) is 5.18. The van der Waals surface area contributed by atoms with E-state index in [0.717, 1.165) is 37.3 Å². The highest BCUT2D eigenvalue weighted by molar-refractivity contribution is 5.89. The Morgan fingerprint density at radius 1 is 0.846 bits per heavy atom. The highest BCUT2D eigenvalue weighted by Crippen LogP contribution is 2.38. The number of aryl methyl sites for hydroxylation is 1. The van der Waals surface area contributed by atoms with Gasteiger partial charge in [-0.25, -0.2) is 18.0 Å². The molecule has 3 aromatic rings. The normalized spacial score (nSPS) is 17.2. The summed E-state index contributed by atoms with van der Waals surface area (Å²) in [4.78, 5) is 12.6. The lowest BCUT2D eigenvalue weighted by Gasteiger charge is -2.29. The molecular weight excluding hydrogens is 501 g/mol. The topological polar surface area (TPSA) is 35.5 Å². The fraction of sp³-hybridized carbons (Fsp3) is 0.424. The van der Waals surface area contributed by atoms with Gasteiger partial charge in [-0.05, 0) is 74.3 Å². The molecule has 1 aliphatic carbocycles. The maximum absolute atomic E-state index is 15.1. The van der Waals surface area contributed by atoms with Crippen LogP contribution in [-0.2, 0) is 4.74 Å². The zero-order valence-electron chi connectivity index (χ0n) is 22.8. The van der Waals surface area contributed by atoms with Crippen LogP contribution in [0.1, 0.15) is 92.1 Å². The predicted molar refractivity (Wildman–Crippen MR) is 148 cm³/mol. The Labute approximate surface area is 229 Å². The van der Waals surface area contributed by atoms with Crippen molar-refractivity contribution in [2.24, 2.45) is 0 Å². The van der Waals surface area contributed by atoms with Crippen molar-refractivity contribution in [1.29, 1.82) is 0 Å². The van der Waals surface area contributed by atoms with Crippen molar-refractivity contribution in [3.63, 3.8) is 0 Å². The molecule has 0 heterocycles. The summed E-state index contributed by atoms with van der Waals surface area (Å²) >= 11 is 0. The van der Waals surface area contributed by atoms with E-state index in [1.54, 1.807) is 24.3 Å². The van der Waals surface area contributed by atoms with Gasteiger partial charge in [-0.1, -0.05) is 74.6 Å². The standard InChI is InChI=1S/C33H37F3O3/c1-3-4-5-6-7-20-38-30-19-14-25(21-29(30)34)33(37)39-26-15-12-24(13-16-26)28-18-17-27(31(35)32(28)36)23-10-8-22(2)9-11-23/h8-11,14,17-19,21,24,26H,3-7,12-13,15-16,20H2,1-2H3. The molecule has 1 fully saturated rings. The number of unbranched alkanes of at least 4 members (excludes halogenated alkanes) is 4. The van der Waals surface area contributed by atoms with E-state index in [9.17, 15) is 13.6 Å². The molecule has 3 nitrogen and oxygen atoms in total. The van der Waals surface area contributed by atoms with Crippen LogP contribution in [0.2, 0.25) is 0 Å². The largest absolute Gasteiger partial charge is 0.491 e. The highest BCUT2D eigenvalue weighted by atomic mass is 19.2. The van der Waals surface area contributed by atoms with Crippen LogP contribution in [0.4, 0.5) is 13.2 Å². The lowest BCUT2D eigenvalue weighted by atomic mass is 9.82. The average Bonchev–Trinajstić information content (AvgIpc) is 2.94. The summed E-state index contributed by atoms with van der Waals surface area (Å²) in [6.45, 7) is 4.53. The first-order chi connectivity index (χ1) is 18.9. The van der Waals surface area contributed by atoms with Crippen molar-refractivity contribution in [2.75, 3.05) is 6.61 Å². The van der Waals surface area contributed by atoms with Crippen LogP contribution in [0, 0.1) is 24.4 Å². The first kappa shape index (κ1) is 28.7. The van der Waals surface area contributed by atoms with E-state index >= 15 is 4.39 Å². The van der Waals surface area contributed by atoms with Gasteiger partial charge >= 0.3 is 5.97 Å². The lowest BCUT2D eigenvalue weighted by molar-refractivity contribution is 0.0193. The molecule has 1 aliphatic rings. The van der Waals surface area contributed by atoms with Gasteiger partial charge < -0.3 is 9.47 Å². The SMILES string of the molecule is CCCCCCCOc1ccc(C(=O)OC2CCC(c3ccc(-c4ccc(C)cc4)c(F)c3F)CC2)cc1F. The molecule has 1 saturated carbocycles. The molecule has 0 atom stereocenters. The Morgan fingerprint density at radius 2 is 1.56 bits per heavy atom. The predicted octanol–water partition coefficient (Wildman–Crippen LogP) is 9.31. The van der Waals surface area contributed by atoms with Gasteiger partial charge in [0.2, 0.25) is 0 Å². The smallest absolute Gasteiger partial charge is 0.338 e. The van der Waals surface area contributed by atoms with Gasteiger partial charge in [0.05, 0.1) is 12.2 Å².